The summed E-state index contributed by atoms with van der Waals surface area (Å²) in [6, 6.07) is 7.78. The fraction of sp³-hybridized carbons (Fsp3) is 0.333. The number of para-hydroxylation sites is 1. The summed E-state index contributed by atoms with van der Waals surface area (Å²) in [5.74, 6) is 0.0350. The third kappa shape index (κ3) is 2.05. The first-order valence-corrected chi connectivity index (χ1v) is 6.75. The highest BCUT2D eigenvalue weighted by Gasteiger charge is 2.26. The first kappa shape index (κ1) is 12.7. The molecular formula is C15H18N4O. The van der Waals surface area contributed by atoms with Crippen LogP contribution in [0, 0.1) is 13.8 Å². The van der Waals surface area contributed by atoms with Crippen molar-refractivity contribution in [1.82, 2.24) is 9.78 Å². The fourth-order valence-electron chi connectivity index (χ4n) is 2.78. The largest absolute Gasteiger partial charge is 0.397 e. The van der Waals surface area contributed by atoms with Gasteiger partial charge in [0.25, 0.3) is 0 Å². The van der Waals surface area contributed by atoms with Gasteiger partial charge in [0.2, 0.25) is 5.91 Å². The van der Waals surface area contributed by atoms with E-state index < -0.39 is 0 Å². The van der Waals surface area contributed by atoms with Gasteiger partial charge in [-0.1, -0.05) is 12.1 Å². The van der Waals surface area contributed by atoms with Crippen LogP contribution in [0.1, 0.15) is 17.0 Å². The molecule has 1 aromatic carbocycles. The predicted molar refractivity (Wildman–Crippen MR) is 78.6 cm³/mol. The molecule has 0 fully saturated rings. The number of rotatable bonds is 2. The molecule has 1 aliphatic heterocycles. The van der Waals surface area contributed by atoms with Crippen molar-refractivity contribution in [3.05, 3.63) is 41.2 Å². The molecule has 0 spiro atoms. The van der Waals surface area contributed by atoms with Crippen molar-refractivity contribution in [2.45, 2.75) is 26.8 Å². The Bertz CT molecular complexity index is 675. The number of benzene rings is 1. The average molecular weight is 270 g/mol. The number of aryl methyl sites for hydroxylation is 2. The molecule has 0 saturated carbocycles. The lowest BCUT2D eigenvalue weighted by Gasteiger charge is -2.19. The Labute approximate surface area is 118 Å². The molecule has 0 atom stereocenters. The van der Waals surface area contributed by atoms with Gasteiger partial charge in [-0.2, -0.15) is 5.10 Å². The summed E-state index contributed by atoms with van der Waals surface area (Å²) in [5, 5.41) is 4.34. The maximum atomic E-state index is 12.5. The summed E-state index contributed by atoms with van der Waals surface area (Å²) in [6.45, 7) is 4.84. The van der Waals surface area contributed by atoms with E-state index in [-0.39, 0.29) is 12.5 Å². The fourth-order valence-corrected chi connectivity index (χ4v) is 2.78. The number of anilines is 2. The van der Waals surface area contributed by atoms with Crippen molar-refractivity contribution < 1.29 is 4.79 Å². The van der Waals surface area contributed by atoms with E-state index >= 15 is 0 Å². The van der Waals surface area contributed by atoms with Crippen LogP contribution in [0.15, 0.2) is 24.3 Å². The van der Waals surface area contributed by atoms with Crippen molar-refractivity contribution in [2.24, 2.45) is 0 Å². The highest BCUT2D eigenvalue weighted by atomic mass is 16.2. The Balaban J connectivity index is 1.85. The number of carbonyl (C=O) groups is 1. The molecule has 104 valence electrons. The van der Waals surface area contributed by atoms with E-state index in [4.69, 9.17) is 5.73 Å². The molecule has 0 saturated heterocycles. The number of carbonyl (C=O) groups excluding carboxylic acids is 1. The van der Waals surface area contributed by atoms with Crippen LogP contribution in [0.2, 0.25) is 0 Å². The SMILES string of the molecule is Cc1cc(C)n(CC(=O)N2CCc3cccc(N)c32)n1. The Morgan fingerprint density at radius 3 is 2.90 bits per heavy atom. The van der Waals surface area contributed by atoms with E-state index in [0.717, 1.165) is 29.1 Å². The Kier molecular flexibility index (Phi) is 2.97. The van der Waals surface area contributed by atoms with Crippen molar-refractivity contribution in [3.8, 4) is 0 Å². The first-order valence-electron chi connectivity index (χ1n) is 6.75. The van der Waals surface area contributed by atoms with Crippen LogP contribution in [-0.2, 0) is 17.8 Å². The average Bonchev–Trinajstić information content (AvgIpc) is 2.94. The van der Waals surface area contributed by atoms with Crippen LogP contribution >= 0.6 is 0 Å². The van der Waals surface area contributed by atoms with Gasteiger partial charge in [-0.25, -0.2) is 0 Å². The molecule has 1 aliphatic rings. The van der Waals surface area contributed by atoms with Gasteiger partial charge in [-0.05, 0) is 38.0 Å². The minimum Gasteiger partial charge on any atom is -0.397 e. The van der Waals surface area contributed by atoms with E-state index in [0.29, 0.717) is 12.2 Å². The maximum absolute atomic E-state index is 12.5. The molecule has 3 rings (SSSR count). The molecule has 0 aliphatic carbocycles. The van der Waals surface area contributed by atoms with Gasteiger partial charge >= 0.3 is 0 Å². The number of hydrogen-bond acceptors (Lipinski definition) is 3. The Hall–Kier alpha value is -2.30. The van der Waals surface area contributed by atoms with Gasteiger partial charge < -0.3 is 10.6 Å². The normalized spacial score (nSPS) is 13.6. The van der Waals surface area contributed by atoms with E-state index in [2.05, 4.69) is 5.10 Å². The lowest BCUT2D eigenvalue weighted by Crippen LogP contribution is -2.33. The van der Waals surface area contributed by atoms with E-state index in [1.165, 1.54) is 0 Å². The van der Waals surface area contributed by atoms with Gasteiger partial charge in [-0.3, -0.25) is 9.48 Å². The minimum atomic E-state index is 0.0350. The molecule has 2 heterocycles. The highest BCUT2D eigenvalue weighted by molar-refractivity contribution is 5.98. The van der Waals surface area contributed by atoms with Crippen LogP contribution in [0.5, 0.6) is 0 Å². The van der Waals surface area contributed by atoms with Gasteiger partial charge in [0, 0.05) is 12.2 Å². The number of nitrogen functional groups attached to an aromatic ring is 1. The standard InChI is InChI=1S/C15H18N4O/c1-10-8-11(2)19(17-10)9-14(20)18-7-6-12-4-3-5-13(16)15(12)18/h3-5,8H,6-7,9,16H2,1-2H3. The topological polar surface area (TPSA) is 64.2 Å². The molecule has 0 unspecified atom stereocenters. The zero-order valence-corrected chi connectivity index (χ0v) is 11.8. The van der Waals surface area contributed by atoms with E-state index in [9.17, 15) is 4.79 Å². The number of fused-ring (bicyclic) bond motifs is 1. The zero-order valence-electron chi connectivity index (χ0n) is 11.8. The summed E-state index contributed by atoms with van der Waals surface area (Å²) < 4.78 is 1.74. The van der Waals surface area contributed by atoms with Gasteiger partial charge in [0.1, 0.15) is 6.54 Å². The van der Waals surface area contributed by atoms with E-state index in [1.54, 1.807) is 9.58 Å². The second kappa shape index (κ2) is 4.67. The maximum Gasteiger partial charge on any atom is 0.248 e. The third-order valence-corrected chi connectivity index (χ3v) is 3.71. The lowest BCUT2D eigenvalue weighted by molar-refractivity contribution is -0.119. The van der Waals surface area contributed by atoms with Gasteiger partial charge in [0.05, 0.1) is 17.1 Å². The molecule has 1 aromatic heterocycles. The minimum absolute atomic E-state index is 0.0350. The quantitative estimate of drug-likeness (QED) is 0.844. The number of nitrogens with zero attached hydrogens (tertiary/aromatic N) is 3. The monoisotopic (exact) mass is 270 g/mol. The second-order valence-corrected chi connectivity index (χ2v) is 5.24. The third-order valence-electron chi connectivity index (χ3n) is 3.71. The summed E-state index contributed by atoms with van der Waals surface area (Å²) >= 11 is 0. The lowest BCUT2D eigenvalue weighted by atomic mass is 10.1. The van der Waals surface area contributed by atoms with Crippen molar-refractivity contribution in [2.75, 3.05) is 17.2 Å². The van der Waals surface area contributed by atoms with Gasteiger partial charge in [0.15, 0.2) is 0 Å². The van der Waals surface area contributed by atoms with Gasteiger partial charge in [-0.15, -0.1) is 0 Å². The molecule has 5 heteroatoms. The molecule has 5 nitrogen and oxygen atoms in total. The first-order chi connectivity index (χ1) is 9.56. The number of amides is 1. The summed E-state index contributed by atoms with van der Waals surface area (Å²) in [5.41, 5.74) is 10.6. The predicted octanol–water partition coefficient (Wildman–Crippen LogP) is 1.67. The number of aromatic nitrogens is 2. The number of hydrogen-bond donors (Lipinski definition) is 1. The summed E-state index contributed by atoms with van der Waals surface area (Å²) in [6.07, 6.45) is 0.864. The van der Waals surface area contributed by atoms with Crippen LogP contribution in [0.25, 0.3) is 0 Å². The number of nitrogens with two attached hydrogens (primary N) is 1. The molecule has 2 N–H and O–H groups in total. The van der Waals surface area contributed by atoms with Crippen molar-refractivity contribution in [3.63, 3.8) is 0 Å². The van der Waals surface area contributed by atoms with Crippen LogP contribution in [0.4, 0.5) is 11.4 Å². The van der Waals surface area contributed by atoms with Crippen LogP contribution in [0.3, 0.4) is 0 Å². The van der Waals surface area contributed by atoms with E-state index in [1.807, 2.05) is 38.1 Å². The zero-order chi connectivity index (χ0) is 14.3. The Morgan fingerprint density at radius 2 is 2.20 bits per heavy atom. The van der Waals surface area contributed by atoms with Crippen molar-refractivity contribution in [1.29, 1.82) is 0 Å². The molecule has 0 radical (unpaired) electrons. The van der Waals surface area contributed by atoms with Crippen molar-refractivity contribution >= 4 is 17.3 Å². The highest BCUT2D eigenvalue weighted by Crippen LogP contribution is 2.33. The molecule has 2 aromatic rings. The smallest absolute Gasteiger partial charge is 0.248 e. The summed E-state index contributed by atoms with van der Waals surface area (Å²) in [7, 11) is 0. The molecule has 20 heavy (non-hydrogen) atoms. The summed E-state index contributed by atoms with van der Waals surface area (Å²) in [4.78, 5) is 14.3. The molecule has 1 amide bonds. The Morgan fingerprint density at radius 1 is 1.40 bits per heavy atom. The van der Waals surface area contributed by atoms with Crippen LogP contribution in [-0.4, -0.2) is 22.2 Å². The van der Waals surface area contributed by atoms with Crippen LogP contribution < -0.4 is 10.6 Å². The molecular weight excluding hydrogens is 252 g/mol. The molecule has 0 bridgehead atoms. The second-order valence-electron chi connectivity index (χ2n) is 5.24.